The number of thiophene rings is 1. The van der Waals surface area contributed by atoms with Crippen LogP contribution in [0.2, 0.25) is 0 Å². The first-order valence-electron chi connectivity index (χ1n) is 8.28. The van der Waals surface area contributed by atoms with E-state index in [4.69, 9.17) is 4.52 Å². The van der Waals surface area contributed by atoms with E-state index in [2.05, 4.69) is 36.7 Å². The molecule has 0 bridgehead atoms. The molecule has 8 nitrogen and oxygen atoms in total. The number of nitrogens with zero attached hydrogens (tertiary/aromatic N) is 5. The van der Waals surface area contributed by atoms with Crippen LogP contribution in [0, 0.1) is 0 Å². The molecule has 0 unspecified atom stereocenters. The van der Waals surface area contributed by atoms with Crippen LogP contribution in [0.3, 0.4) is 0 Å². The van der Waals surface area contributed by atoms with Gasteiger partial charge in [-0.1, -0.05) is 34.3 Å². The van der Waals surface area contributed by atoms with Gasteiger partial charge in [-0.15, -0.1) is 21.5 Å². The zero-order chi connectivity index (χ0) is 19.2. The van der Waals surface area contributed by atoms with Crippen LogP contribution in [0.25, 0.3) is 11.4 Å². The van der Waals surface area contributed by atoms with Crippen molar-refractivity contribution in [1.29, 1.82) is 0 Å². The highest BCUT2D eigenvalue weighted by molar-refractivity contribution is 8.00. The Morgan fingerprint density at radius 1 is 1.21 bits per heavy atom. The molecule has 0 aliphatic rings. The van der Waals surface area contributed by atoms with Crippen molar-refractivity contribution in [2.45, 2.75) is 22.9 Å². The molecule has 0 aliphatic heterocycles. The van der Waals surface area contributed by atoms with E-state index in [1.807, 2.05) is 11.4 Å². The van der Waals surface area contributed by atoms with E-state index in [1.54, 1.807) is 47.6 Å². The van der Waals surface area contributed by atoms with Crippen LogP contribution in [-0.4, -0.2) is 31.2 Å². The molecule has 4 rings (SSSR count). The third-order valence-electron chi connectivity index (χ3n) is 3.54. The van der Waals surface area contributed by atoms with Crippen molar-refractivity contribution in [1.82, 2.24) is 25.3 Å². The monoisotopic (exact) mass is 430 g/mol. The number of anilines is 1. The zero-order valence-corrected chi connectivity index (χ0v) is 16.9. The van der Waals surface area contributed by atoms with Crippen molar-refractivity contribution in [3.8, 4) is 11.4 Å². The number of thioether (sulfide) groups is 1. The molecule has 0 fully saturated rings. The predicted molar refractivity (Wildman–Crippen MR) is 108 cm³/mol. The lowest BCUT2D eigenvalue weighted by atomic mass is 10.2. The van der Waals surface area contributed by atoms with Crippen LogP contribution < -0.4 is 5.32 Å². The molecular weight excluding hydrogens is 416 g/mol. The summed E-state index contributed by atoms with van der Waals surface area (Å²) in [6.07, 6.45) is 3.89. The molecule has 1 amide bonds. The third kappa shape index (κ3) is 5.00. The van der Waals surface area contributed by atoms with Crippen LogP contribution in [-0.2, 0) is 17.0 Å². The highest BCUT2D eigenvalue weighted by Crippen LogP contribution is 2.29. The first-order chi connectivity index (χ1) is 13.8. The first kappa shape index (κ1) is 18.7. The number of nitrogens with one attached hydrogen (secondary N) is 1. The van der Waals surface area contributed by atoms with Crippen molar-refractivity contribution >= 4 is 45.5 Å². The second-order valence-corrected chi connectivity index (χ2v) is 8.77. The average molecular weight is 431 g/mol. The SMILES string of the molecule is O=C(CCc1nc(-c2ccncc2)no1)Nc1nnc(SCc2cccs2)s1. The van der Waals surface area contributed by atoms with E-state index < -0.39 is 0 Å². The molecule has 4 aromatic heterocycles. The topological polar surface area (TPSA) is 107 Å². The summed E-state index contributed by atoms with van der Waals surface area (Å²) in [7, 11) is 0. The molecule has 11 heteroatoms. The molecule has 0 aromatic carbocycles. The van der Waals surface area contributed by atoms with E-state index in [9.17, 15) is 4.79 Å². The van der Waals surface area contributed by atoms with Gasteiger partial charge in [-0.25, -0.2) is 0 Å². The Morgan fingerprint density at radius 2 is 2.11 bits per heavy atom. The van der Waals surface area contributed by atoms with Gasteiger partial charge in [0.15, 0.2) is 4.34 Å². The minimum absolute atomic E-state index is 0.172. The maximum Gasteiger partial charge on any atom is 0.227 e. The second-order valence-electron chi connectivity index (χ2n) is 5.54. The number of carbonyl (C=O) groups excluding carboxylic acids is 1. The largest absolute Gasteiger partial charge is 0.339 e. The van der Waals surface area contributed by atoms with Crippen molar-refractivity contribution in [3.05, 3.63) is 52.8 Å². The van der Waals surface area contributed by atoms with Gasteiger partial charge in [-0.3, -0.25) is 9.78 Å². The molecule has 0 saturated heterocycles. The minimum atomic E-state index is -0.172. The first-order valence-corrected chi connectivity index (χ1v) is 11.0. The van der Waals surface area contributed by atoms with Crippen molar-refractivity contribution < 1.29 is 9.32 Å². The van der Waals surface area contributed by atoms with Crippen LogP contribution >= 0.6 is 34.4 Å². The molecule has 0 radical (unpaired) electrons. The number of aromatic nitrogens is 5. The Labute approximate surface area is 172 Å². The lowest BCUT2D eigenvalue weighted by Gasteiger charge is -1.98. The summed E-state index contributed by atoms with van der Waals surface area (Å²) >= 11 is 4.67. The number of carbonyl (C=O) groups is 1. The average Bonchev–Trinajstić information content (AvgIpc) is 3.47. The van der Waals surface area contributed by atoms with Gasteiger partial charge in [0.05, 0.1) is 0 Å². The van der Waals surface area contributed by atoms with Crippen molar-refractivity contribution in [2.75, 3.05) is 5.32 Å². The van der Waals surface area contributed by atoms with Crippen LogP contribution in [0.1, 0.15) is 17.2 Å². The Kier molecular flexibility index (Phi) is 6.04. The Bertz CT molecular complexity index is 1030. The van der Waals surface area contributed by atoms with Gasteiger partial charge in [-0.2, -0.15) is 4.98 Å². The molecule has 28 heavy (non-hydrogen) atoms. The Balaban J connectivity index is 1.25. The van der Waals surface area contributed by atoms with Crippen molar-refractivity contribution in [2.24, 2.45) is 0 Å². The molecule has 0 spiro atoms. The van der Waals surface area contributed by atoms with Crippen LogP contribution in [0.4, 0.5) is 5.13 Å². The van der Waals surface area contributed by atoms with Gasteiger partial charge >= 0.3 is 0 Å². The molecule has 142 valence electrons. The number of rotatable bonds is 8. The zero-order valence-electron chi connectivity index (χ0n) is 14.4. The van der Waals surface area contributed by atoms with Crippen LogP contribution in [0.5, 0.6) is 0 Å². The minimum Gasteiger partial charge on any atom is -0.339 e. The fourth-order valence-corrected chi connectivity index (χ4v) is 4.76. The molecule has 4 aromatic rings. The van der Waals surface area contributed by atoms with E-state index >= 15 is 0 Å². The van der Waals surface area contributed by atoms with E-state index in [1.165, 1.54) is 16.2 Å². The molecule has 0 aliphatic carbocycles. The van der Waals surface area contributed by atoms with Crippen LogP contribution in [0.15, 0.2) is 50.9 Å². The normalized spacial score (nSPS) is 10.9. The fraction of sp³-hybridized carbons (Fsp3) is 0.176. The van der Waals surface area contributed by atoms with Gasteiger partial charge in [0, 0.05) is 41.4 Å². The van der Waals surface area contributed by atoms with E-state index in [0.717, 1.165) is 15.7 Å². The number of hydrogen-bond donors (Lipinski definition) is 1. The Morgan fingerprint density at radius 3 is 2.93 bits per heavy atom. The van der Waals surface area contributed by atoms with Gasteiger partial charge in [0.25, 0.3) is 0 Å². The highest BCUT2D eigenvalue weighted by atomic mass is 32.2. The third-order valence-corrected chi connectivity index (χ3v) is 6.62. The predicted octanol–water partition coefficient (Wildman–Crippen LogP) is 3.91. The lowest BCUT2D eigenvalue weighted by Crippen LogP contribution is -2.12. The second kappa shape index (κ2) is 9.04. The van der Waals surface area contributed by atoms with E-state index in [0.29, 0.717) is 23.3 Å². The van der Waals surface area contributed by atoms with Gasteiger partial charge < -0.3 is 9.84 Å². The maximum absolute atomic E-state index is 12.1. The maximum atomic E-state index is 12.1. The molecule has 0 atom stereocenters. The van der Waals surface area contributed by atoms with Gasteiger partial charge in [0.2, 0.25) is 22.8 Å². The summed E-state index contributed by atoms with van der Waals surface area (Å²) in [5.74, 6) is 1.56. The smallest absolute Gasteiger partial charge is 0.227 e. The number of amides is 1. The number of aryl methyl sites for hydroxylation is 1. The quantitative estimate of drug-likeness (QED) is 0.331. The summed E-state index contributed by atoms with van der Waals surface area (Å²) in [4.78, 5) is 21.7. The molecular formula is C17H14N6O2S3. The standard InChI is InChI=1S/C17H14N6O2S3/c24-13(3-4-14-20-15(23-25-14)11-5-7-18-8-6-11)19-16-21-22-17(28-16)27-10-12-2-1-9-26-12/h1-2,5-9H,3-4,10H2,(H,19,21,24). The number of hydrogen-bond acceptors (Lipinski definition) is 10. The highest BCUT2D eigenvalue weighted by Gasteiger charge is 2.13. The summed E-state index contributed by atoms with van der Waals surface area (Å²) in [6.45, 7) is 0. The summed E-state index contributed by atoms with van der Waals surface area (Å²) < 4.78 is 6.02. The molecule has 4 heterocycles. The van der Waals surface area contributed by atoms with Gasteiger partial charge in [0.1, 0.15) is 0 Å². The Hall–Kier alpha value is -2.63. The van der Waals surface area contributed by atoms with Crippen molar-refractivity contribution in [3.63, 3.8) is 0 Å². The lowest BCUT2D eigenvalue weighted by molar-refractivity contribution is -0.116. The summed E-state index contributed by atoms with van der Waals surface area (Å²) in [5.41, 5.74) is 0.816. The number of pyridine rings is 1. The summed E-state index contributed by atoms with van der Waals surface area (Å²) in [5, 5.41) is 17.3. The molecule has 1 N–H and O–H groups in total. The fourth-order valence-electron chi connectivity index (χ4n) is 2.22. The van der Waals surface area contributed by atoms with E-state index in [-0.39, 0.29) is 12.3 Å². The molecule has 0 saturated carbocycles. The van der Waals surface area contributed by atoms with Gasteiger partial charge in [-0.05, 0) is 23.6 Å². The summed E-state index contributed by atoms with van der Waals surface area (Å²) in [6, 6.07) is 7.70.